The van der Waals surface area contributed by atoms with Crippen LogP contribution in [0.25, 0.3) is 0 Å². The minimum absolute atomic E-state index is 0.718. The molecule has 0 unspecified atom stereocenters. The second-order valence-electron chi connectivity index (χ2n) is 4.34. The van der Waals surface area contributed by atoms with Crippen LogP contribution in [0.5, 0.6) is 11.6 Å². The highest BCUT2D eigenvalue weighted by molar-refractivity contribution is 9.08. The lowest BCUT2D eigenvalue weighted by molar-refractivity contribution is 0.427. The fraction of sp³-hybridized carbons (Fsp3) is 0.357. The molecule has 0 aliphatic carbocycles. The van der Waals surface area contributed by atoms with E-state index in [1.807, 2.05) is 32.2 Å². The van der Waals surface area contributed by atoms with Crippen molar-refractivity contribution in [2.75, 3.05) is 0 Å². The first-order chi connectivity index (χ1) is 9.06. The number of hydrogen-bond acceptors (Lipinski definition) is 2. The first kappa shape index (κ1) is 14.4. The van der Waals surface area contributed by atoms with Gasteiger partial charge in [0.25, 0.3) is 0 Å². The van der Waals surface area contributed by atoms with Crippen LogP contribution in [0.15, 0.2) is 18.2 Å². The molecular weight excluding hydrogens is 328 g/mol. The van der Waals surface area contributed by atoms with Gasteiger partial charge in [-0.1, -0.05) is 34.5 Å². The smallest absolute Gasteiger partial charge is 0.221 e. The molecule has 1 heterocycles. The summed E-state index contributed by atoms with van der Waals surface area (Å²) >= 11 is 9.58. The monoisotopic (exact) mass is 342 g/mol. The standard InChI is InChI=1S/C14H16BrClN2O/c1-4-10-7-11(5-6-13(10)16)19-14-12(8-15)9(2)17-18(14)3/h5-7H,4,8H2,1-3H3. The van der Waals surface area contributed by atoms with Gasteiger partial charge in [0.1, 0.15) is 5.75 Å². The molecule has 0 saturated carbocycles. The Bertz CT molecular complexity index is 595. The third-order valence-electron chi connectivity index (χ3n) is 3.04. The first-order valence-electron chi connectivity index (χ1n) is 6.11. The summed E-state index contributed by atoms with van der Waals surface area (Å²) in [5.41, 5.74) is 3.12. The number of nitrogens with zero attached hydrogens (tertiary/aromatic N) is 2. The largest absolute Gasteiger partial charge is 0.439 e. The Morgan fingerprint density at radius 3 is 2.79 bits per heavy atom. The van der Waals surface area contributed by atoms with Crippen LogP contribution in [0, 0.1) is 6.92 Å². The molecule has 0 aliphatic heterocycles. The van der Waals surface area contributed by atoms with E-state index in [-0.39, 0.29) is 0 Å². The number of hydrogen-bond donors (Lipinski definition) is 0. The Balaban J connectivity index is 2.36. The molecule has 0 fully saturated rings. The number of aromatic nitrogens is 2. The van der Waals surface area contributed by atoms with Crippen molar-refractivity contribution in [2.24, 2.45) is 7.05 Å². The zero-order valence-electron chi connectivity index (χ0n) is 11.2. The van der Waals surface area contributed by atoms with Crippen LogP contribution in [0.4, 0.5) is 0 Å². The molecule has 0 atom stereocenters. The molecule has 1 aromatic heterocycles. The molecule has 3 nitrogen and oxygen atoms in total. The second kappa shape index (κ2) is 5.97. The Morgan fingerprint density at radius 1 is 1.42 bits per heavy atom. The molecule has 0 N–H and O–H groups in total. The van der Waals surface area contributed by atoms with Gasteiger partial charge in [-0.15, -0.1) is 0 Å². The van der Waals surface area contributed by atoms with Crippen molar-refractivity contribution < 1.29 is 4.74 Å². The minimum Gasteiger partial charge on any atom is -0.439 e. The lowest BCUT2D eigenvalue weighted by atomic mass is 10.1. The molecule has 0 radical (unpaired) electrons. The summed E-state index contributed by atoms with van der Waals surface area (Å²) in [5.74, 6) is 1.55. The molecule has 2 aromatic rings. The fourth-order valence-electron chi connectivity index (χ4n) is 1.96. The Kier molecular flexibility index (Phi) is 4.53. The van der Waals surface area contributed by atoms with Gasteiger partial charge < -0.3 is 4.74 Å². The van der Waals surface area contributed by atoms with E-state index in [0.717, 1.165) is 45.2 Å². The molecule has 1 aromatic carbocycles. The van der Waals surface area contributed by atoms with Crippen molar-refractivity contribution in [3.05, 3.63) is 40.0 Å². The maximum atomic E-state index is 6.11. The van der Waals surface area contributed by atoms with E-state index in [4.69, 9.17) is 16.3 Å². The fourth-order valence-corrected chi connectivity index (χ4v) is 2.86. The van der Waals surface area contributed by atoms with E-state index in [2.05, 4.69) is 28.0 Å². The molecular formula is C14H16BrClN2O. The van der Waals surface area contributed by atoms with Gasteiger partial charge in [0, 0.05) is 23.0 Å². The van der Waals surface area contributed by atoms with E-state index in [0.29, 0.717) is 0 Å². The summed E-state index contributed by atoms with van der Waals surface area (Å²) in [6, 6.07) is 5.72. The van der Waals surface area contributed by atoms with Gasteiger partial charge in [-0.2, -0.15) is 5.10 Å². The summed E-state index contributed by atoms with van der Waals surface area (Å²) in [5, 5.41) is 5.87. The van der Waals surface area contributed by atoms with Crippen LogP contribution in [-0.2, 0) is 18.8 Å². The number of ether oxygens (including phenoxy) is 1. The van der Waals surface area contributed by atoms with Crippen LogP contribution in [0.1, 0.15) is 23.7 Å². The van der Waals surface area contributed by atoms with Crippen molar-refractivity contribution in [3.63, 3.8) is 0 Å². The van der Waals surface area contributed by atoms with Crippen LogP contribution in [-0.4, -0.2) is 9.78 Å². The average molecular weight is 344 g/mol. The molecule has 5 heteroatoms. The van der Waals surface area contributed by atoms with Gasteiger partial charge >= 0.3 is 0 Å². The van der Waals surface area contributed by atoms with Crippen molar-refractivity contribution in [1.29, 1.82) is 0 Å². The molecule has 0 saturated heterocycles. The van der Waals surface area contributed by atoms with Crippen molar-refractivity contribution in [3.8, 4) is 11.6 Å². The highest BCUT2D eigenvalue weighted by atomic mass is 79.9. The highest BCUT2D eigenvalue weighted by Gasteiger charge is 2.14. The van der Waals surface area contributed by atoms with Crippen LogP contribution < -0.4 is 4.74 Å². The van der Waals surface area contributed by atoms with E-state index >= 15 is 0 Å². The van der Waals surface area contributed by atoms with Crippen LogP contribution in [0.3, 0.4) is 0 Å². The lowest BCUT2D eigenvalue weighted by Crippen LogP contribution is -1.97. The van der Waals surface area contributed by atoms with Gasteiger partial charge in [0.2, 0.25) is 5.88 Å². The van der Waals surface area contributed by atoms with E-state index in [1.165, 1.54) is 0 Å². The third-order valence-corrected chi connectivity index (χ3v) is 3.96. The van der Waals surface area contributed by atoms with Gasteiger partial charge in [0.05, 0.1) is 5.69 Å². The Labute approximate surface area is 126 Å². The topological polar surface area (TPSA) is 27.1 Å². The Morgan fingerprint density at radius 2 is 2.16 bits per heavy atom. The first-order valence-corrected chi connectivity index (χ1v) is 7.61. The quantitative estimate of drug-likeness (QED) is 0.757. The lowest BCUT2D eigenvalue weighted by Gasteiger charge is -2.09. The SMILES string of the molecule is CCc1cc(Oc2c(CBr)c(C)nn2C)ccc1Cl. The molecule has 0 aliphatic rings. The highest BCUT2D eigenvalue weighted by Crippen LogP contribution is 2.31. The van der Waals surface area contributed by atoms with Gasteiger partial charge in [-0.25, -0.2) is 4.68 Å². The van der Waals surface area contributed by atoms with E-state index < -0.39 is 0 Å². The third kappa shape index (κ3) is 2.95. The molecule has 0 spiro atoms. The molecule has 0 bridgehead atoms. The average Bonchev–Trinajstić information content (AvgIpc) is 2.66. The van der Waals surface area contributed by atoms with Crippen molar-refractivity contribution >= 4 is 27.5 Å². The van der Waals surface area contributed by atoms with E-state index in [9.17, 15) is 0 Å². The number of halogens is 2. The zero-order valence-corrected chi connectivity index (χ0v) is 13.5. The number of benzene rings is 1. The Hall–Kier alpha value is -1.00. The predicted molar refractivity (Wildman–Crippen MR) is 81.5 cm³/mol. The summed E-state index contributed by atoms with van der Waals surface area (Å²) in [6.07, 6.45) is 0.881. The van der Waals surface area contributed by atoms with Gasteiger partial charge in [0.15, 0.2) is 0 Å². The maximum absolute atomic E-state index is 6.11. The minimum atomic E-state index is 0.718. The van der Waals surface area contributed by atoms with Crippen molar-refractivity contribution in [2.45, 2.75) is 25.6 Å². The molecule has 102 valence electrons. The maximum Gasteiger partial charge on any atom is 0.221 e. The second-order valence-corrected chi connectivity index (χ2v) is 5.30. The summed E-state index contributed by atoms with van der Waals surface area (Å²) in [6.45, 7) is 4.05. The number of rotatable bonds is 4. The molecule has 2 rings (SSSR count). The molecule has 0 amide bonds. The number of alkyl halides is 1. The zero-order chi connectivity index (χ0) is 14.0. The predicted octanol–water partition coefficient (Wildman–Crippen LogP) is 4.63. The van der Waals surface area contributed by atoms with Gasteiger partial charge in [-0.05, 0) is 37.1 Å². The van der Waals surface area contributed by atoms with Gasteiger partial charge in [-0.3, -0.25) is 0 Å². The van der Waals surface area contributed by atoms with Crippen LogP contribution >= 0.6 is 27.5 Å². The normalized spacial score (nSPS) is 10.8. The summed E-state index contributed by atoms with van der Waals surface area (Å²) < 4.78 is 7.72. The van der Waals surface area contributed by atoms with Crippen LogP contribution in [0.2, 0.25) is 5.02 Å². The van der Waals surface area contributed by atoms with E-state index in [1.54, 1.807) is 4.68 Å². The number of aryl methyl sites for hydroxylation is 3. The summed E-state index contributed by atoms with van der Waals surface area (Å²) in [4.78, 5) is 0. The summed E-state index contributed by atoms with van der Waals surface area (Å²) in [7, 11) is 1.88. The van der Waals surface area contributed by atoms with Crippen molar-refractivity contribution in [1.82, 2.24) is 9.78 Å². The molecule has 19 heavy (non-hydrogen) atoms.